The molecule has 19 heavy (non-hydrogen) atoms. The molecule has 3 saturated carbocycles. The van der Waals surface area contributed by atoms with Crippen LogP contribution in [-0.4, -0.2) is 26.7 Å². The van der Waals surface area contributed by atoms with Gasteiger partial charge in [0.25, 0.3) is 5.56 Å². The molecule has 0 radical (unpaired) electrons. The van der Waals surface area contributed by atoms with Crippen LogP contribution >= 0.6 is 0 Å². The number of fused-ring (bicyclic) bond motifs is 3. The predicted molar refractivity (Wildman–Crippen MR) is 66.7 cm³/mol. The maximum Gasteiger partial charge on any atom is 0.323 e. The van der Waals surface area contributed by atoms with E-state index in [-0.39, 0.29) is 12.1 Å². The Labute approximate surface area is 109 Å². The molecular weight excluding hydrogens is 246 g/mol. The highest BCUT2D eigenvalue weighted by atomic mass is 16.4. The van der Waals surface area contributed by atoms with E-state index < -0.39 is 5.97 Å². The van der Waals surface area contributed by atoms with E-state index >= 15 is 0 Å². The fourth-order valence-electron chi connectivity index (χ4n) is 3.79. The third-order valence-corrected chi connectivity index (χ3v) is 4.78. The summed E-state index contributed by atoms with van der Waals surface area (Å²) in [6.45, 7) is -0.321. The molecule has 1 aromatic heterocycles. The van der Waals surface area contributed by atoms with Gasteiger partial charge in [-0.25, -0.2) is 4.98 Å². The number of nitrogens with one attached hydrogen (secondary N) is 1. The van der Waals surface area contributed by atoms with Crippen LogP contribution in [0.1, 0.15) is 12.8 Å². The van der Waals surface area contributed by atoms with Gasteiger partial charge in [0, 0.05) is 18.4 Å². The van der Waals surface area contributed by atoms with Gasteiger partial charge in [0.2, 0.25) is 0 Å². The molecular formula is C13H15N3O3. The molecule has 100 valence electrons. The zero-order valence-corrected chi connectivity index (χ0v) is 10.3. The zero-order valence-electron chi connectivity index (χ0n) is 10.3. The molecule has 0 amide bonds. The molecule has 0 aromatic carbocycles. The molecule has 0 spiro atoms. The summed E-state index contributed by atoms with van der Waals surface area (Å²) in [5.74, 6) is 2.42. The van der Waals surface area contributed by atoms with E-state index in [1.165, 1.54) is 29.8 Å². The highest BCUT2D eigenvalue weighted by Crippen LogP contribution is 2.69. The number of carboxylic acids is 1. The van der Waals surface area contributed by atoms with Crippen molar-refractivity contribution in [2.75, 3.05) is 5.32 Å². The first-order valence-electron chi connectivity index (χ1n) is 6.69. The molecule has 6 nitrogen and oxygen atoms in total. The normalized spacial score (nSPS) is 37.4. The molecule has 3 aliphatic carbocycles. The van der Waals surface area contributed by atoms with E-state index in [9.17, 15) is 9.59 Å². The molecule has 4 rings (SSSR count). The van der Waals surface area contributed by atoms with Crippen LogP contribution in [0.5, 0.6) is 0 Å². The van der Waals surface area contributed by atoms with Gasteiger partial charge in [-0.1, -0.05) is 0 Å². The van der Waals surface area contributed by atoms with Crippen molar-refractivity contribution >= 4 is 11.8 Å². The highest BCUT2D eigenvalue weighted by Gasteiger charge is 2.67. The molecule has 0 bridgehead atoms. The largest absolute Gasteiger partial charge is 0.480 e. The summed E-state index contributed by atoms with van der Waals surface area (Å²) in [5, 5.41) is 12.0. The molecule has 3 fully saturated rings. The average Bonchev–Trinajstić information content (AvgIpc) is 3.21. The minimum atomic E-state index is -1.02. The second-order valence-electron chi connectivity index (χ2n) is 5.90. The molecule has 0 saturated heterocycles. The Hall–Kier alpha value is -1.85. The summed E-state index contributed by atoms with van der Waals surface area (Å²) in [7, 11) is 0. The van der Waals surface area contributed by atoms with Gasteiger partial charge in [-0.2, -0.15) is 0 Å². The number of anilines is 1. The average molecular weight is 261 g/mol. The SMILES string of the molecule is O=C(O)Cn1ccnc(NC2[C@@H]3C[C@@H]3[C@H]3C[C@@H]23)c1=O. The Kier molecular flexibility index (Phi) is 2.08. The maximum atomic E-state index is 12.1. The number of hydrogen-bond donors (Lipinski definition) is 2. The second-order valence-corrected chi connectivity index (χ2v) is 5.90. The zero-order chi connectivity index (χ0) is 13.1. The van der Waals surface area contributed by atoms with Crippen molar-refractivity contribution in [3.05, 3.63) is 22.7 Å². The van der Waals surface area contributed by atoms with Crippen LogP contribution in [0.15, 0.2) is 17.2 Å². The van der Waals surface area contributed by atoms with E-state index in [2.05, 4.69) is 10.3 Å². The smallest absolute Gasteiger partial charge is 0.323 e. The predicted octanol–water partition coefficient (Wildman–Crippen LogP) is 0.394. The summed E-state index contributed by atoms with van der Waals surface area (Å²) in [4.78, 5) is 26.9. The minimum Gasteiger partial charge on any atom is -0.480 e. The van der Waals surface area contributed by atoms with E-state index in [1.807, 2.05) is 0 Å². The number of aliphatic carboxylic acids is 1. The number of hydrogen-bond acceptors (Lipinski definition) is 4. The van der Waals surface area contributed by atoms with Crippen molar-refractivity contribution in [3.63, 3.8) is 0 Å². The molecule has 1 aromatic rings. The Bertz CT molecular complexity index is 595. The molecule has 2 N–H and O–H groups in total. The second kappa shape index (κ2) is 3.59. The molecule has 1 heterocycles. The molecule has 3 aliphatic rings. The van der Waals surface area contributed by atoms with Gasteiger partial charge in [0.05, 0.1) is 0 Å². The molecule has 0 unspecified atom stereocenters. The van der Waals surface area contributed by atoms with Gasteiger partial charge >= 0.3 is 5.97 Å². The summed E-state index contributed by atoms with van der Waals surface area (Å²) >= 11 is 0. The summed E-state index contributed by atoms with van der Waals surface area (Å²) in [5.41, 5.74) is -0.341. The summed E-state index contributed by atoms with van der Waals surface area (Å²) in [6, 6.07) is 0.371. The van der Waals surface area contributed by atoms with E-state index in [4.69, 9.17) is 5.11 Å². The van der Waals surface area contributed by atoms with Crippen molar-refractivity contribution in [3.8, 4) is 0 Å². The first-order chi connectivity index (χ1) is 9.15. The topological polar surface area (TPSA) is 84.2 Å². The number of rotatable bonds is 4. The lowest BCUT2D eigenvalue weighted by Crippen LogP contribution is -2.32. The lowest BCUT2D eigenvalue weighted by molar-refractivity contribution is -0.137. The van der Waals surface area contributed by atoms with Crippen LogP contribution < -0.4 is 10.9 Å². The number of carbonyl (C=O) groups is 1. The van der Waals surface area contributed by atoms with E-state index in [1.54, 1.807) is 0 Å². The van der Waals surface area contributed by atoms with Gasteiger partial charge in [-0.3, -0.25) is 14.2 Å². The minimum absolute atomic E-state index is 0.298. The van der Waals surface area contributed by atoms with Crippen molar-refractivity contribution < 1.29 is 9.90 Å². The van der Waals surface area contributed by atoms with Crippen molar-refractivity contribution in [2.45, 2.75) is 25.4 Å². The third-order valence-electron chi connectivity index (χ3n) is 4.78. The van der Waals surface area contributed by atoms with Gasteiger partial charge < -0.3 is 10.4 Å². The van der Waals surface area contributed by atoms with E-state index in [0.29, 0.717) is 23.7 Å². The van der Waals surface area contributed by atoms with Gasteiger partial charge in [-0.15, -0.1) is 0 Å². The lowest BCUT2D eigenvalue weighted by atomic mass is 10.1. The number of nitrogens with zero attached hydrogens (tertiary/aromatic N) is 2. The quantitative estimate of drug-likeness (QED) is 0.819. The summed E-state index contributed by atoms with van der Waals surface area (Å²) < 4.78 is 1.18. The summed E-state index contributed by atoms with van der Waals surface area (Å²) in [6.07, 6.45) is 5.44. The van der Waals surface area contributed by atoms with Crippen LogP contribution in [0.3, 0.4) is 0 Å². The fourth-order valence-corrected chi connectivity index (χ4v) is 3.79. The van der Waals surface area contributed by atoms with Gasteiger partial charge in [-0.05, 0) is 36.5 Å². The number of aromatic nitrogens is 2. The maximum absolute atomic E-state index is 12.1. The fraction of sp³-hybridized carbons (Fsp3) is 0.615. The highest BCUT2D eigenvalue weighted by molar-refractivity contribution is 5.66. The Morgan fingerprint density at radius 1 is 1.37 bits per heavy atom. The van der Waals surface area contributed by atoms with Gasteiger partial charge in [0.1, 0.15) is 6.54 Å². The van der Waals surface area contributed by atoms with Crippen LogP contribution in [0.2, 0.25) is 0 Å². The number of carboxylic acid groups (broad SMARTS) is 1. The Morgan fingerprint density at radius 2 is 2.05 bits per heavy atom. The van der Waals surface area contributed by atoms with E-state index in [0.717, 1.165) is 11.8 Å². The van der Waals surface area contributed by atoms with Crippen molar-refractivity contribution in [2.24, 2.45) is 23.7 Å². The van der Waals surface area contributed by atoms with Crippen molar-refractivity contribution in [1.29, 1.82) is 0 Å². The van der Waals surface area contributed by atoms with Crippen LogP contribution in [0.25, 0.3) is 0 Å². The first-order valence-corrected chi connectivity index (χ1v) is 6.69. The van der Waals surface area contributed by atoms with Gasteiger partial charge in [0.15, 0.2) is 5.82 Å². The monoisotopic (exact) mass is 261 g/mol. The molecule has 6 heteroatoms. The molecule has 0 aliphatic heterocycles. The lowest BCUT2D eigenvalue weighted by Gasteiger charge is -2.16. The van der Waals surface area contributed by atoms with Crippen LogP contribution in [0.4, 0.5) is 5.82 Å². The Morgan fingerprint density at radius 3 is 2.68 bits per heavy atom. The van der Waals surface area contributed by atoms with Crippen molar-refractivity contribution in [1.82, 2.24) is 9.55 Å². The Balaban J connectivity index is 1.58. The first kappa shape index (κ1) is 11.0. The standard InChI is InChI=1S/C13H15N3O3/c17-10(18)5-16-2-1-14-12(13(16)19)15-11-8-3-6(8)7-4-9(7)11/h1-2,6-9,11H,3-5H2,(H,14,15)(H,17,18)/t6-,7-,8-,9-/m1/s1. The van der Waals surface area contributed by atoms with Crippen LogP contribution in [-0.2, 0) is 11.3 Å². The molecule has 4 atom stereocenters. The van der Waals surface area contributed by atoms with Crippen LogP contribution in [0, 0.1) is 23.7 Å². The third kappa shape index (κ3) is 1.66.